The van der Waals surface area contributed by atoms with Crippen molar-refractivity contribution in [2.75, 3.05) is 36.4 Å². The molecular formula is C21H22FN3O3. The zero-order valence-electron chi connectivity index (χ0n) is 15.9. The molecular weight excluding hydrogens is 361 g/mol. The average Bonchev–Trinajstić information content (AvgIpc) is 2.69. The Hall–Kier alpha value is -3.09. The minimum absolute atomic E-state index is 0.281. The molecule has 0 saturated carbocycles. The van der Waals surface area contributed by atoms with Crippen LogP contribution in [-0.4, -0.2) is 48.5 Å². The Morgan fingerprint density at radius 2 is 1.86 bits per heavy atom. The summed E-state index contributed by atoms with van der Waals surface area (Å²) >= 11 is 0. The number of fused-ring (bicyclic) bond motifs is 1. The van der Waals surface area contributed by atoms with Gasteiger partial charge in [0.05, 0.1) is 11.4 Å². The number of nitrogens with one attached hydrogen (secondary N) is 1. The van der Waals surface area contributed by atoms with Gasteiger partial charge in [-0.2, -0.15) is 0 Å². The highest BCUT2D eigenvalue weighted by molar-refractivity contribution is 6.15. The van der Waals surface area contributed by atoms with Crippen molar-refractivity contribution >= 4 is 23.2 Å². The lowest BCUT2D eigenvalue weighted by Crippen LogP contribution is -2.62. The van der Waals surface area contributed by atoms with Gasteiger partial charge in [-0.25, -0.2) is 4.39 Å². The summed E-state index contributed by atoms with van der Waals surface area (Å²) in [5.74, 6) is -0.668. The number of anilines is 2. The van der Waals surface area contributed by atoms with Crippen molar-refractivity contribution in [3.63, 3.8) is 0 Å². The normalized spacial score (nSPS) is 21.6. The van der Waals surface area contributed by atoms with Crippen molar-refractivity contribution < 1.29 is 18.7 Å². The van der Waals surface area contributed by atoms with Crippen LogP contribution >= 0.6 is 0 Å². The highest BCUT2D eigenvalue weighted by Crippen LogP contribution is 2.35. The molecule has 1 N–H and O–H groups in total. The van der Waals surface area contributed by atoms with Crippen molar-refractivity contribution in [1.29, 1.82) is 0 Å². The maximum Gasteiger partial charge on any atom is 0.278 e. The van der Waals surface area contributed by atoms with Crippen molar-refractivity contribution in [1.82, 2.24) is 4.90 Å². The first-order valence-electron chi connectivity index (χ1n) is 9.28. The number of rotatable bonds is 2. The van der Waals surface area contributed by atoms with E-state index in [9.17, 15) is 14.0 Å². The first-order chi connectivity index (χ1) is 13.4. The lowest BCUT2D eigenvalue weighted by molar-refractivity contribution is -0.154. The lowest BCUT2D eigenvalue weighted by Gasteiger charge is -2.41. The Balaban J connectivity index is 1.48. The van der Waals surface area contributed by atoms with Crippen LogP contribution < -0.4 is 15.0 Å². The number of hydrogen-bond acceptors (Lipinski definition) is 4. The SMILES string of the molecule is Cc1ccc2c(c1)NC(=O)C(C)(C(=O)N1CCN(c3ccccc3F)CC1)O2. The Kier molecular flexibility index (Phi) is 4.45. The average molecular weight is 383 g/mol. The largest absolute Gasteiger partial charge is 0.466 e. The molecule has 28 heavy (non-hydrogen) atoms. The lowest BCUT2D eigenvalue weighted by atomic mass is 9.99. The van der Waals surface area contributed by atoms with Crippen LogP contribution in [0, 0.1) is 12.7 Å². The molecule has 2 heterocycles. The summed E-state index contributed by atoms with van der Waals surface area (Å²) < 4.78 is 19.9. The van der Waals surface area contributed by atoms with E-state index >= 15 is 0 Å². The number of amides is 2. The molecule has 1 atom stereocenters. The molecule has 0 bridgehead atoms. The smallest absolute Gasteiger partial charge is 0.278 e. The molecule has 0 aliphatic carbocycles. The van der Waals surface area contributed by atoms with Crippen LogP contribution in [0.4, 0.5) is 15.8 Å². The third-order valence-electron chi connectivity index (χ3n) is 5.30. The molecule has 0 spiro atoms. The quantitative estimate of drug-likeness (QED) is 0.810. The summed E-state index contributed by atoms with van der Waals surface area (Å²) in [5.41, 5.74) is 0.459. The number of piperazine rings is 1. The first kappa shape index (κ1) is 18.3. The molecule has 2 aliphatic heterocycles. The number of halogens is 1. The van der Waals surface area contributed by atoms with Gasteiger partial charge in [0, 0.05) is 26.2 Å². The molecule has 0 aromatic heterocycles. The summed E-state index contributed by atoms with van der Waals surface area (Å²) in [6.07, 6.45) is 0. The van der Waals surface area contributed by atoms with E-state index in [1.807, 2.05) is 24.0 Å². The fraction of sp³-hybridized carbons (Fsp3) is 0.333. The molecule has 2 aromatic carbocycles. The van der Waals surface area contributed by atoms with Gasteiger partial charge in [0.25, 0.3) is 17.4 Å². The maximum absolute atomic E-state index is 14.0. The third kappa shape index (κ3) is 3.06. The number of benzene rings is 2. The Morgan fingerprint density at radius 1 is 1.14 bits per heavy atom. The third-order valence-corrected chi connectivity index (χ3v) is 5.30. The molecule has 1 unspecified atom stereocenters. The second-order valence-electron chi connectivity index (χ2n) is 7.32. The van der Waals surface area contributed by atoms with Crippen molar-refractivity contribution in [3.8, 4) is 5.75 Å². The van der Waals surface area contributed by atoms with Crippen LogP contribution in [0.1, 0.15) is 12.5 Å². The number of para-hydroxylation sites is 1. The van der Waals surface area contributed by atoms with E-state index in [0.29, 0.717) is 43.3 Å². The second-order valence-corrected chi connectivity index (χ2v) is 7.32. The molecule has 1 saturated heterocycles. The molecule has 2 aliphatic rings. The van der Waals surface area contributed by atoms with E-state index in [1.54, 1.807) is 29.2 Å². The minimum atomic E-state index is -1.62. The van der Waals surface area contributed by atoms with Crippen LogP contribution in [0.25, 0.3) is 0 Å². The fourth-order valence-electron chi connectivity index (χ4n) is 3.64. The van der Waals surface area contributed by atoms with Gasteiger partial charge in [0.1, 0.15) is 11.6 Å². The molecule has 0 radical (unpaired) electrons. The summed E-state index contributed by atoms with van der Waals surface area (Å²) in [7, 11) is 0. The molecule has 2 amide bonds. The second kappa shape index (κ2) is 6.82. The van der Waals surface area contributed by atoms with Gasteiger partial charge in [-0.15, -0.1) is 0 Å². The minimum Gasteiger partial charge on any atom is -0.466 e. The number of aryl methyl sites for hydroxylation is 1. The number of carbonyl (C=O) groups excluding carboxylic acids is 2. The van der Waals surface area contributed by atoms with Crippen LogP contribution in [0.2, 0.25) is 0 Å². The van der Waals surface area contributed by atoms with E-state index in [2.05, 4.69) is 5.32 Å². The van der Waals surface area contributed by atoms with E-state index in [1.165, 1.54) is 13.0 Å². The summed E-state index contributed by atoms with van der Waals surface area (Å²) in [6, 6.07) is 12.0. The fourth-order valence-corrected chi connectivity index (χ4v) is 3.64. The number of nitrogens with zero attached hydrogens (tertiary/aromatic N) is 2. The van der Waals surface area contributed by atoms with Gasteiger partial charge in [-0.05, 0) is 43.7 Å². The van der Waals surface area contributed by atoms with Gasteiger partial charge < -0.3 is 19.9 Å². The van der Waals surface area contributed by atoms with Crippen LogP contribution in [-0.2, 0) is 9.59 Å². The molecule has 2 aromatic rings. The van der Waals surface area contributed by atoms with Crippen molar-refractivity contribution in [3.05, 3.63) is 53.8 Å². The van der Waals surface area contributed by atoms with Gasteiger partial charge in [-0.3, -0.25) is 9.59 Å². The van der Waals surface area contributed by atoms with Gasteiger partial charge in [0.15, 0.2) is 0 Å². The highest BCUT2D eigenvalue weighted by atomic mass is 19.1. The van der Waals surface area contributed by atoms with E-state index in [4.69, 9.17) is 4.74 Å². The Labute approximate surface area is 162 Å². The zero-order valence-corrected chi connectivity index (χ0v) is 15.9. The molecule has 146 valence electrons. The van der Waals surface area contributed by atoms with Crippen LogP contribution in [0.3, 0.4) is 0 Å². The standard InChI is InChI=1S/C21H22FN3O3/c1-14-7-8-18-16(13-14)23-19(26)21(2,28-18)20(27)25-11-9-24(10-12-25)17-6-4-3-5-15(17)22/h3-8,13H,9-12H2,1-2H3,(H,23,26). The molecule has 1 fully saturated rings. The molecule has 6 nitrogen and oxygen atoms in total. The zero-order chi connectivity index (χ0) is 19.9. The van der Waals surface area contributed by atoms with Gasteiger partial charge >= 0.3 is 0 Å². The monoisotopic (exact) mass is 383 g/mol. The molecule has 7 heteroatoms. The van der Waals surface area contributed by atoms with Crippen LogP contribution in [0.15, 0.2) is 42.5 Å². The summed E-state index contributed by atoms with van der Waals surface area (Å²) in [4.78, 5) is 29.3. The van der Waals surface area contributed by atoms with E-state index in [0.717, 1.165) is 5.56 Å². The predicted molar refractivity (Wildman–Crippen MR) is 104 cm³/mol. The number of ether oxygens (including phenoxy) is 1. The van der Waals surface area contributed by atoms with Crippen molar-refractivity contribution in [2.24, 2.45) is 0 Å². The summed E-state index contributed by atoms with van der Waals surface area (Å²) in [5, 5.41) is 2.78. The van der Waals surface area contributed by atoms with Gasteiger partial charge in [0.2, 0.25) is 0 Å². The number of hydrogen-bond donors (Lipinski definition) is 1. The van der Waals surface area contributed by atoms with Gasteiger partial charge in [-0.1, -0.05) is 18.2 Å². The molecule has 4 rings (SSSR count). The van der Waals surface area contributed by atoms with Crippen molar-refractivity contribution in [2.45, 2.75) is 19.4 Å². The first-order valence-corrected chi connectivity index (χ1v) is 9.28. The van der Waals surface area contributed by atoms with Crippen LogP contribution in [0.5, 0.6) is 5.75 Å². The highest BCUT2D eigenvalue weighted by Gasteiger charge is 2.49. The summed E-state index contributed by atoms with van der Waals surface area (Å²) in [6.45, 7) is 5.16. The number of carbonyl (C=O) groups is 2. The topological polar surface area (TPSA) is 61.9 Å². The maximum atomic E-state index is 14.0. The van der Waals surface area contributed by atoms with E-state index in [-0.39, 0.29) is 11.7 Å². The van der Waals surface area contributed by atoms with E-state index < -0.39 is 11.5 Å². The Bertz CT molecular complexity index is 940. The Morgan fingerprint density at radius 3 is 2.57 bits per heavy atom. The predicted octanol–water partition coefficient (Wildman–Crippen LogP) is 2.57.